The van der Waals surface area contributed by atoms with Crippen molar-refractivity contribution in [2.24, 2.45) is 0 Å². The Kier molecular flexibility index (Phi) is 22.7. The number of aliphatic hydroxyl groups excluding tert-OH is 2. The van der Waals surface area contributed by atoms with E-state index in [1.807, 2.05) is 4.90 Å². The van der Waals surface area contributed by atoms with Crippen LogP contribution in [-0.4, -0.2) is 74.4 Å². The third-order valence-electron chi connectivity index (χ3n) is 4.61. The van der Waals surface area contributed by atoms with Gasteiger partial charge in [0.25, 0.3) is 0 Å². The molecule has 0 bridgehead atoms. The summed E-state index contributed by atoms with van der Waals surface area (Å²) in [5.74, 6) is 0. The number of nitrogens with zero attached hydrogens (tertiary/aromatic N) is 1. The van der Waals surface area contributed by atoms with Crippen LogP contribution < -0.4 is 0 Å². The summed E-state index contributed by atoms with van der Waals surface area (Å²) < 4.78 is 11.2. The molecule has 5 heteroatoms. The van der Waals surface area contributed by atoms with Gasteiger partial charge >= 0.3 is 0 Å². The first-order chi connectivity index (χ1) is 12.8. The smallest absolute Gasteiger partial charge is 0.0700 e. The summed E-state index contributed by atoms with van der Waals surface area (Å²) >= 11 is 0. The summed E-state index contributed by atoms with van der Waals surface area (Å²) in [5, 5.41) is 17.9. The van der Waals surface area contributed by atoms with Gasteiger partial charge in [0.2, 0.25) is 0 Å². The molecule has 2 N–H and O–H groups in total. The van der Waals surface area contributed by atoms with Crippen molar-refractivity contribution in [2.75, 3.05) is 59.3 Å². The third kappa shape index (κ3) is 20.1. The summed E-state index contributed by atoms with van der Waals surface area (Å²) in [6.45, 7) is 7.48. The molecular weight excluding hydrogens is 330 g/mol. The van der Waals surface area contributed by atoms with Crippen molar-refractivity contribution in [3.63, 3.8) is 0 Å². The highest BCUT2D eigenvalue weighted by Crippen LogP contribution is 2.10. The molecule has 0 fully saturated rings. The zero-order chi connectivity index (χ0) is 19.1. The fourth-order valence-electron chi connectivity index (χ4n) is 3.02. The molecule has 0 unspecified atom stereocenters. The van der Waals surface area contributed by atoms with E-state index in [0.29, 0.717) is 32.9 Å². The predicted octanol–water partition coefficient (Wildman–Crippen LogP) is 3.62. The van der Waals surface area contributed by atoms with Crippen molar-refractivity contribution in [3.8, 4) is 0 Å². The van der Waals surface area contributed by atoms with Crippen LogP contribution in [-0.2, 0) is 9.47 Å². The van der Waals surface area contributed by atoms with Crippen LogP contribution in [0.15, 0.2) is 0 Å². The molecule has 0 atom stereocenters. The van der Waals surface area contributed by atoms with Crippen LogP contribution in [0.5, 0.6) is 0 Å². The molecule has 0 rings (SSSR count). The van der Waals surface area contributed by atoms with Crippen LogP contribution in [0.1, 0.15) is 77.6 Å². The van der Waals surface area contributed by atoms with Gasteiger partial charge in [-0.1, -0.05) is 64.7 Å². The SMILES string of the molecule is CCCCCCCCCCCCOCCOCCCN(CCO)CCO. The topological polar surface area (TPSA) is 62.2 Å². The van der Waals surface area contributed by atoms with Crippen molar-refractivity contribution in [2.45, 2.75) is 77.6 Å². The van der Waals surface area contributed by atoms with Crippen molar-refractivity contribution in [3.05, 3.63) is 0 Å². The summed E-state index contributed by atoms with van der Waals surface area (Å²) in [6, 6.07) is 0. The van der Waals surface area contributed by atoms with Gasteiger partial charge in [0.1, 0.15) is 0 Å². The average molecular weight is 376 g/mol. The maximum absolute atomic E-state index is 8.94. The number of unbranched alkanes of at least 4 members (excludes halogenated alkanes) is 9. The van der Waals surface area contributed by atoms with Crippen LogP contribution in [0, 0.1) is 0 Å². The fraction of sp³-hybridized carbons (Fsp3) is 1.00. The minimum Gasteiger partial charge on any atom is -0.395 e. The van der Waals surface area contributed by atoms with Crippen molar-refractivity contribution in [1.29, 1.82) is 0 Å². The van der Waals surface area contributed by atoms with E-state index in [4.69, 9.17) is 19.7 Å². The normalized spacial score (nSPS) is 11.5. The number of hydrogen-bond acceptors (Lipinski definition) is 5. The second-order valence-corrected chi connectivity index (χ2v) is 7.05. The van der Waals surface area contributed by atoms with Crippen LogP contribution in [0.4, 0.5) is 0 Å². The number of ether oxygens (including phenoxy) is 2. The molecule has 0 amide bonds. The Bertz CT molecular complexity index is 248. The van der Waals surface area contributed by atoms with Crippen LogP contribution in [0.3, 0.4) is 0 Å². The van der Waals surface area contributed by atoms with Crippen molar-refractivity contribution >= 4 is 0 Å². The second kappa shape index (κ2) is 22.8. The van der Waals surface area contributed by atoms with Crippen LogP contribution >= 0.6 is 0 Å². The highest BCUT2D eigenvalue weighted by molar-refractivity contribution is 4.56. The van der Waals surface area contributed by atoms with Gasteiger partial charge in [-0.05, 0) is 12.8 Å². The van der Waals surface area contributed by atoms with Gasteiger partial charge in [-0.2, -0.15) is 0 Å². The van der Waals surface area contributed by atoms with E-state index in [2.05, 4.69) is 6.92 Å². The predicted molar refractivity (Wildman–Crippen MR) is 109 cm³/mol. The molecule has 26 heavy (non-hydrogen) atoms. The Labute approximate surface area is 162 Å². The van der Waals surface area contributed by atoms with Gasteiger partial charge in [0.15, 0.2) is 0 Å². The van der Waals surface area contributed by atoms with E-state index < -0.39 is 0 Å². The molecule has 158 valence electrons. The Morgan fingerprint density at radius 3 is 1.50 bits per heavy atom. The molecule has 0 heterocycles. The van der Waals surface area contributed by atoms with Crippen molar-refractivity contribution < 1.29 is 19.7 Å². The quantitative estimate of drug-likeness (QED) is 0.283. The highest BCUT2D eigenvalue weighted by atomic mass is 16.5. The van der Waals surface area contributed by atoms with E-state index in [1.54, 1.807) is 0 Å². The molecule has 5 nitrogen and oxygen atoms in total. The molecule has 0 aromatic rings. The van der Waals surface area contributed by atoms with Gasteiger partial charge < -0.3 is 19.7 Å². The van der Waals surface area contributed by atoms with Gasteiger partial charge in [-0.15, -0.1) is 0 Å². The summed E-state index contributed by atoms with van der Waals surface area (Å²) in [4.78, 5) is 2.05. The number of aliphatic hydroxyl groups is 2. The Morgan fingerprint density at radius 1 is 0.538 bits per heavy atom. The molecule has 0 aromatic heterocycles. The maximum atomic E-state index is 8.94. The van der Waals surface area contributed by atoms with Crippen LogP contribution in [0.2, 0.25) is 0 Å². The third-order valence-corrected chi connectivity index (χ3v) is 4.61. The Balaban J connectivity index is 3.13. The van der Waals surface area contributed by atoms with Crippen LogP contribution in [0.25, 0.3) is 0 Å². The number of rotatable bonds is 22. The molecule has 0 saturated carbocycles. The first-order valence-electron chi connectivity index (χ1n) is 10.9. The summed E-state index contributed by atoms with van der Waals surface area (Å²) in [6.07, 6.45) is 14.4. The monoisotopic (exact) mass is 375 g/mol. The lowest BCUT2D eigenvalue weighted by atomic mass is 10.1. The molecule has 0 aromatic carbocycles. The Morgan fingerprint density at radius 2 is 1.00 bits per heavy atom. The average Bonchev–Trinajstić information content (AvgIpc) is 2.64. The number of hydrogen-bond donors (Lipinski definition) is 2. The lowest BCUT2D eigenvalue weighted by Crippen LogP contribution is -2.31. The molecule has 0 aliphatic carbocycles. The molecule has 0 aliphatic rings. The molecule has 0 spiro atoms. The standard InChI is InChI=1S/C21H45NO4/c1-2-3-4-5-6-7-8-9-10-11-18-25-20-21-26-19-12-13-22(14-16-23)15-17-24/h23-24H,2-21H2,1H3. The van der Waals surface area contributed by atoms with E-state index in [0.717, 1.165) is 26.0 Å². The van der Waals surface area contributed by atoms with E-state index in [-0.39, 0.29) is 13.2 Å². The van der Waals surface area contributed by atoms with E-state index in [1.165, 1.54) is 57.8 Å². The second-order valence-electron chi connectivity index (χ2n) is 7.05. The lowest BCUT2D eigenvalue weighted by molar-refractivity contribution is 0.0417. The molecule has 0 saturated heterocycles. The maximum Gasteiger partial charge on any atom is 0.0700 e. The fourth-order valence-corrected chi connectivity index (χ4v) is 3.02. The zero-order valence-corrected chi connectivity index (χ0v) is 17.3. The van der Waals surface area contributed by atoms with Gasteiger partial charge in [-0.25, -0.2) is 0 Å². The van der Waals surface area contributed by atoms with Gasteiger partial charge in [0, 0.05) is 32.8 Å². The van der Waals surface area contributed by atoms with Gasteiger partial charge in [0.05, 0.1) is 26.4 Å². The first kappa shape index (κ1) is 25.8. The van der Waals surface area contributed by atoms with E-state index >= 15 is 0 Å². The minimum atomic E-state index is 0.133. The lowest BCUT2D eigenvalue weighted by Gasteiger charge is -2.19. The highest BCUT2D eigenvalue weighted by Gasteiger charge is 2.02. The molecule has 0 aliphatic heterocycles. The molecule has 0 radical (unpaired) electrons. The largest absolute Gasteiger partial charge is 0.395 e. The molecular formula is C21H45NO4. The van der Waals surface area contributed by atoms with Crippen molar-refractivity contribution in [1.82, 2.24) is 4.90 Å². The summed E-state index contributed by atoms with van der Waals surface area (Å²) in [7, 11) is 0. The summed E-state index contributed by atoms with van der Waals surface area (Å²) in [5.41, 5.74) is 0. The zero-order valence-electron chi connectivity index (χ0n) is 17.3. The van der Waals surface area contributed by atoms with E-state index in [9.17, 15) is 0 Å². The first-order valence-corrected chi connectivity index (χ1v) is 10.9. The Hall–Kier alpha value is -0.200. The van der Waals surface area contributed by atoms with Gasteiger partial charge in [-0.3, -0.25) is 4.90 Å². The minimum absolute atomic E-state index is 0.133.